The SMILES string of the molecule is C=CCOc1cccc2c1cc(C(=O)N[C@@H](C)CC)n2Cc1ccc(C(F)(F)F)cc1. The number of hydrogen-bond acceptors (Lipinski definition) is 2. The van der Waals surface area contributed by atoms with Gasteiger partial charge in [-0.05, 0) is 49.2 Å². The monoisotopic (exact) mass is 430 g/mol. The maximum Gasteiger partial charge on any atom is 0.416 e. The minimum Gasteiger partial charge on any atom is -0.489 e. The average molecular weight is 430 g/mol. The molecular formula is C24H25F3N2O2. The van der Waals surface area contributed by atoms with Gasteiger partial charge in [0.25, 0.3) is 5.91 Å². The van der Waals surface area contributed by atoms with Gasteiger partial charge in [0.15, 0.2) is 0 Å². The summed E-state index contributed by atoms with van der Waals surface area (Å²) in [7, 11) is 0. The van der Waals surface area contributed by atoms with Gasteiger partial charge >= 0.3 is 6.18 Å². The molecule has 164 valence electrons. The predicted octanol–water partition coefficient (Wildman–Crippen LogP) is 5.80. The number of halogens is 3. The highest BCUT2D eigenvalue weighted by Crippen LogP contribution is 2.31. The fourth-order valence-corrected chi connectivity index (χ4v) is 3.27. The Morgan fingerprint density at radius 1 is 1.23 bits per heavy atom. The number of amides is 1. The average Bonchev–Trinajstić information content (AvgIpc) is 3.11. The number of hydrogen-bond donors (Lipinski definition) is 1. The van der Waals surface area contributed by atoms with Crippen molar-refractivity contribution in [3.63, 3.8) is 0 Å². The van der Waals surface area contributed by atoms with Crippen LogP contribution >= 0.6 is 0 Å². The van der Waals surface area contributed by atoms with E-state index in [4.69, 9.17) is 4.74 Å². The van der Waals surface area contributed by atoms with E-state index in [2.05, 4.69) is 11.9 Å². The number of fused-ring (bicyclic) bond motifs is 1. The lowest BCUT2D eigenvalue weighted by atomic mass is 10.1. The third-order valence-corrected chi connectivity index (χ3v) is 5.11. The highest BCUT2D eigenvalue weighted by Gasteiger charge is 2.30. The molecule has 3 aromatic rings. The van der Waals surface area contributed by atoms with Crippen molar-refractivity contribution in [3.05, 3.63) is 78.0 Å². The van der Waals surface area contributed by atoms with Crippen molar-refractivity contribution >= 4 is 16.8 Å². The molecule has 0 aliphatic heterocycles. The fraction of sp³-hybridized carbons (Fsp3) is 0.292. The molecule has 1 amide bonds. The molecule has 1 atom stereocenters. The van der Waals surface area contributed by atoms with E-state index in [1.54, 1.807) is 16.7 Å². The van der Waals surface area contributed by atoms with Crippen molar-refractivity contribution < 1.29 is 22.7 Å². The number of alkyl halides is 3. The van der Waals surface area contributed by atoms with Crippen LogP contribution in [0.3, 0.4) is 0 Å². The Bertz CT molecular complexity index is 1070. The summed E-state index contributed by atoms with van der Waals surface area (Å²) in [5.41, 5.74) is 1.13. The number of aromatic nitrogens is 1. The number of nitrogens with one attached hydrogen (secondary N) is 1. The van der Waals surface area contributed by atoms with Crippen LogP contribution in [0.1, 0.15) is 41.9 Å². The van der Waals surface area contributed by atoms with E-state index in [9.17, 15) is 18.0 Å². The van der Waals surface area contributed by atoms with E-state index in [1.165, 1.54) is 12.1 Å². The number of benzene rings is 2. The highest BCUT2D eigenvalue weighted by molar-refractivity contribution is 6.00. The molecule has 1 N–H and O–H groups in total. The smallest absolute Gasteiger partial charge is 0.416 e. The van der Waals surface area contributed by atoms with Crippen molar-refractivity contribution in [3.8, 4) is 5.75 Å². The third kappa shape index (κ3) is 5.10. The van der Waals surface area contributed by atoms with E-state index < -0.39 is 11.7 Å². The van der Waals surface area contributed by atoms with Crippen molar-refractivity contribution in [2.75, 3.05) is 6.61 Å². The van der Waals surface area contributed by atoms with Gasteiger partial charge < -0.3 is 14.6 Å². The first-order chi connectivity index (χ1) is 14.7. The maximum absolute atomic E-state index is 13.0. The van der Waals surface area contributed by atoms with Crippen molar-refractivity contribution in [1.82, 2.24) is 9.88 Å². The zero-order valence-corrected chi connectivity index (χ0v) is 17.5. The molecule has 31 heavy (non-hydrogen) atoms. The Kier molecular flexibility index (Phi) is 6.73. The Hall–Kier alpha value is -3.22. The fourth-order valence-electron chi connectivity index (χ4n) is 3.27. The van der Waals surface area contributed by atoms with Gasteiger partial charge in [0, 0.05) is 18.0 Å². The first-order valence-corrected chi connectivity index (χ1v) is 10.1. The Morgan fingerprint density at radius 3 is 2.55 bits per heavy atom. The zero-order valence-electron chi connectivity index (χ0n) is 17.5. The van der Waals surface area contributed by atoms with Crippen LogP contribution in [0, 0.1) is 0 Å². The van der Waals surface area contributed by atoms with Gasteiger partial charge in [-0.1, -0.05) is 37.8 Å². The summed E-state index contributed by atoms with van der Waals surface area (Å²) < 4.78 is 46.2. The van der Waals surface area contributed by atoms with Crippen LogP contribution < -0.4 is 10.1 Å². The standard InChI is InChI=1S/C24H25F3N2O2/c1-4-13-31-22-8-6-7-20-19(22)14-21(23(30)28-16(3)5-2)29(20)15-17-9-11-18(12-10-17)24(25,26)27/h4,6-12,14,16H,1,5,13,15H2,2-3H3,(H,28,30)/t16-/m0/s1. The molecule has 0 aliphatic rings. The summed E-state index contributed by atoms with van der Waals surface area (Å²) in [5, 5.41) is 3.71. The number of nitrogens with zero attached hydrogens (tertiary/aromatic N) is 1. The molecule has 3 rings (SSSR count). The summed E-state index contributed by atoms with van der Waals surface area (Å²) in [6.45, 7) is 8.11. The van der Waals surface area contributed by atoms with Crippen LogP contribution in [0.15, 0.2) is 61.2 Å². The quantitative estimate of drug-likeness (QED) is 0.459. The zero-order chi connectivity index (χ0) is 22.6. The minimum atomic E-state index is -4.39. The minimum absolute atomic E-state index is 0.0125. The summed E-state index contributed by atoms with van der Waals surface area (Å²) in [4.78, 5) is 13.0. The molecule has 0 unspecified atom stereocenters. The van der Waals surface area contributed by atoms with Gasteiger partial charge in [-0.15, -0.1) is 0 Å². The van der Waals surface area contributed by atoms with E-state index in [1.807, 2.05) is 32.0 Å². The second-order valence-electron chi connectivity index (χ2n) is 7.38. The molecular weight excluding hydrogens is 405 g/mol. The van der Waals surface area contributed by atoms with Crippen molar-refractivity contribution in [2.24, 2.45) is 0 Å². The van der Waals surface area contributed by atoms with Gasteiger partial charge in [0.2, 0.25) is 0 Å². The van der Waals surface area contributed by atoms with Crippen LogP contribution in [0.4, 0.5) is 13.2 Å². The normalized spacial score (nSPS) is 12.5. The molecule has 0 fully saturated rings. The lowest BCUT2D eigenvalue weighted by molar-refractivity contribution is -0.137. The molecule has 1 aromatic heterocycles. The molecule has 4 nitrogen and oxygen atoms in total. The Balaban J connectivity index is 2.05. The summed E-state index contributed by atoms with van der Waals surface area (Å²) >= 11 is 0. The largest absolute Gasteiger partial charge is 0.489 e. The van der Waals surface area contributed by atoms with Crippen LogP contribution in [-0.2, 0) is 12.7 Å². The summed E-state index contributed by atoms with van der Waals surface area (Å²) in [5.74, 6) is 0.369. The van der Waals surface area contributed by atoms with Gasteiger partial charge in [0.1, 0.15) is 18.1 Å². The van der Waals surface area contributed by atoms with E-state index in [0.717, 1.165) is 29.5 Å². The first kappa shape index (κ1) is 22.5. The maximum atomic E-state index is 13.0. The molecule has 1 heterocycles. The molecule has 0 saturated carbocycles. The molecule has 0 radical (unpaired) electrons. The lowest BCUT2D eigenvalue weighted by Gasteiger charge is -2.15. The second-order valence-corrected chi connectivity index (χ2v) is 7.38. The highest BCUT2D eigenvalue weighted by atomic mass is 19.4. The Labute approximate surface area is 179 Å². The van der Waals surface area contributed by atoms with E-state index in [0.29, 0.717) is 23.6 Å². The van der Waals surface area contributed by atoms with Crippen molar-refractivity contribution in [2.45, 2.75) is 39.0 Å². The molecule has 0 bridgehead atoms. The predicted molar refractivity (Wildman–Crippen MR) is 115 cm³/mol. The molecule has 0 spiro atoms. The number of ether oxygens (including phenoxy) is 1. The van der Waals surface area contributed by atoms with E-state index in [-0.39, 0.29) is 18.5 Å². The number of rotatable bonds is 8. The van der Waals surface area contributed by atoms with Crippen LogP contribution in [0.25, 0.3) is 10.9 Å². The van der Waals surface area contributed by atoms with Crippen molar-refractivity contribution in [1.29, 1.82) is 0 Å². The summed E-state index contributed by atoms with van der Waals surface area (Å²) in [6, 6.07) is 12.2. The van der Waals surface area contributed by atoms with Gasteiger partial charge in [-0.3, -0.25) is 4.79 Å². The van der Waals surface area contributed by atoms with Crippen LogP contribution in [-0.4, -0.2) is 23.1 Å². The molecule has 0 saturated heterocycles. The van der Waals surface area contributed by atoms with E-state index >= 15 is 0 Å². The summed E-state index contributed by atoms with van der Waals surface area (Å²) in [6.07, 6.45) is -1.98. The van der Waals surface area contributed by atoms with Crippen LogP contribution in [0.2, 0.25) is 0 Å². The topological polar surface area (TPSA) is 43.3 Å². The Morgan fingerprint density at radius 2 is 1.94 bits per heavy atom. The lowest BCUT2D eigenvalue weighted by Crippen LogP contribution is -2.33. The second kappa shape index (κ2) is 9.29. The first-order valence-electron chi connectivity index (χ1n) is 10.1. The van der Waals surface area contributed by atoms with Gasteiger partial charge in [-0.2, -0.15) is 13.2 Å². The van der Waals surface area contributed by atoms with Gasteiger partial charge in [0.05, 0.1) is 11.1 Å². The van der Waals surface area contributed by atoms with Crippen LogP contribution in [0.5, 0.6) is 5.75 Å². The van der Waals surface area contributed by atoms with Gasteiger partial charge in [-0.25, -0.2) is 0 Å². The number of carbonyl (C=O) groups is 1. The molecule has 7 heteroatoms. The molecule has 0 aliphatic carbocycles. The third-order valence-electron chi connectivity index (χ3n) is 5.11. The number of carbonyl (C=O) groups excluding carboxylic acids is 1. The molecule has 2 aromatic carbocycles.